The normalized spacial score (nSPS) is 24.5. The molecule has 1 fully saturated rings. The number of aliphatic hydroxyl groups is 1. The van der Waals surface area contributed by atoms with Gasteiger partial charge in [0, 0.05) is 19.1 Å². The summed E-state index contributed by atoms with van der Waals surface area (Å²) < 4.78 is 0. The van der Waals surface area contributed by atoms with E-state index >= 15 is 0 Å². The maximum absolute atomic E-state index is 12.2. The Morgan fingerprint density at radius 2 is 1.65 bits per heavy atom. The summed E-state index contributed by atoms with van der Waals surface area (Å²) in [5, 5.41) is 12.1. The minimum Gasteiger partial charge on any atom is -0.396 e. The van der Waals surface area contributed by atoms with Crippen LogP contribution < -0.4 is 5.32 Å². The molecule has 0 spiro atoms. The van der Waals surface area contributed by atoms with Crippen molar-refractivity contribution in [2.45, 2.75) is 66.7 Å². The van der Waals surface area contributed by atoms with Crippen molar-refractivity contribution >= 4 is 5.91 Å². The summed E-state index contributed by atoms with van der Waals surface area (Å²) in [6.07, 6.45) is 5.11. The van der Waals surface area contributed by atoms with E-state index in [-0.39, 0.29) is 23.8 Å². The highest BCUT2D eigenvalue weighted by molar-refractivity contribution is 5.78. The van der Waals surface area contributed by atoms with Gasteiger partial charge in [0.2, 0.25) is 5.91 Å². The molecule has 0 heterocycles. The zero-order chi connectivity index (χ0) is 15.4. The van der Waals surface area contributed by atoms with Crippen LogP contribution in [0.25, 0.3) is 0 Å². The Bertz CT molecular complexity index is 309. The van der Waals surface area contributed by atoms with Crippen LogP contribution in [0.3, 0.4) is 0 Å². The van der Waals surface area contributed by atoms with E-state index in [9.17, 15) is 4.79 Å². The van der Waals surface area contributed by atoms with Gasteiger partial charge in [-0.15, -0.1) is 0 Å². The first kappa shape index (κ1) is 17.5. The molecule has 0 unspecified atom stereocenters. The van der Waals surface area contributed by atoms with E-state index in [1.54, 1.807) is 0 Å². The molecule has 0 atom stereocenters. The van der Waals surface area contributed by atoms with Crippen molar-refractivity contribution in [2.75, 3.05) is 13.2 Å². The Kier molecular flexibility index (Phi) is 6.06. The smallest absolute Gasteiger partial charge is 0.223 e. The number of aliphatic hydroxyl groups excluding tert-OH is 1. The van der Waals surface area contributed by atoms with Crippen LogP contribution in [-0.2, 0) is 4.79 Å². The zero-order valence-electron chi connectivity index (χ0n) is 14.0. The van der Waals surface area contributed by atoms with Crippen LogP contribution in [0.1, 0.15) is 66.7 Å². The molecule has 1 aliphatic carbocycles. The fourth-order valence-electron chi connectivity index (χ4n) is 3.08. The molecule has 20 heavy (non-hydrogen) atoms. The lowest BCUT2D eigenvalue weighted by Crippen LogP contribution is -2.40. The molecule has 0 radical (unpaired) electrons. The van der Waals surface area contributed by atoms with E-state index in [4.69, 9.17) is 5.11 Å². The van der Waals surface area contributed by atoms with Gasteiger partial charge in [0.25, 0.3) is 0 Å². The number of amides is 1. The number of hydrogen-bond donors (Lipinski definition) is 2. The highest BCUT2D eigenvalue weighted by Gasteiger charge is 2.32. The summed E-state index contributed by atoms with van der Waals surface area (Å²) in [6.45, 7) is 11.9. The molecule has 0 aromatic rings. The van der Waals surface area contributed by atoms with Crippen molar-refractivity contribution in [1.29, 1.82) is 0 Å². The second-order valence-electron chi connectivity index (χ2n) is 8.27. The van der Waals surface area contributed by atoms with E-state index in [0.717, 1.165) is 25.2 Å². The van der Waals surface area contributed by atoms with Crippen LogP contribution in [-0.4, -0.2) is 24.2 Å². The van der Waals surface area contributed by atoms with Crippen molar-refractivity contribution in [2.24, 2.45) is 22.7 Å². The minimum atomic E-state index is -0.0208. The number of hydrogen-bond acceptors (Lipinski definition) is 2. The summed E-state index contributed by atoms with van der Waals surface area (Å²) in [5.41, 5.74) is 0.345. The minimum absolute atomic E-state index is 0.0208. The molecule has 0 aliphatic heterocycles. The first-order valence-electron chi connectivity index (χ1n) is 8.04. The van der Waals surface area contributed by atoms with Crippen LogP contribution in [0, 0.1) is 22.7 Å². The third kappa shape index (κ3) is 5.43. The van der Waals surface area contributed by atoms with Gasteiger partial charge in [0.05, 0.1) is 0 Å². The largest absolute Gasteiger partial charge is 0.396 e. The number of nitrogens with one attached hydrogen (secondary N) is 1. The van der Waals surface area contributed by atoms with E-state index in [2.05, 4.69) is 39.9 Å². The lowest BCUT2D eigenvalue weighted by molar-refractivity contribution is -0.127. The Labute approximate surface area is 124 Å². The van der Waals surface area contributed by atoms with Gasteiger partial charge >= 0.3 is 0 Å². The number of carbonyl (C=O) groups is 1. The van der Waals surface area contributed by atoms with Gasteiger partial charge < -0.3 is 10.4 Å². The lowest BCUT2D eigenvalue weighted by Gasteiger charge is -2.36. The maximum Gasteiger partial charge on any atom is 0.223 e. The zero-order valence-corrected chi connectivity index (χ0v) is 14.0. The number of rotatable bonds is 5. The molecule has 1 aliphatic rings. The topological polar surface area (TPSA) is 49.3 Å². The lowest BCUT2D eigenvalue weighted by atomic mass is 9.69. The summed E-state index contributed by atoms with van der Waals surface area (Å²) in [6, 6.07) is 0. The fourth-order valence-corrected chi connectivity index (χ4v) is 3.08. The van der Waals surface area contributed by atoms with Gasteiger partial charge in [0.15, 0.2) is 0 Å². The monoisotopic (exact) mass is 283 g/mol. The average molecular weight is 283 g/mol. The highest BCUT2D eigenvalue weighted by atomic mass is 16.3. The standard InChI is InChI=1S/C17H33NO2/c1-16(2,3)14-8-6-13(7-9-14)15(20)18-12-17(4,5)10-11-19/h13-14,19H,6-12H2,1-5H3,(H,18,20). The summed E-state index contributed by atoms with van der Waals surface area (Å²) in [5.74, 6) is 1.15. The Morgan fingerprint density at radius 1 is 1.10 bits per heavy atom. The first-order valence-corrected chi connectivity index (χ1v) is 8.04. The molecule has 0 saturated heterocycles. The third-order valence-corrected chi connectivity index (χ3v) is 4.85. The van der Waals surface area contributed by atoms with Crippen molar-refractivity contribution in [3.05, 3.63) is 0 Å². The second kappa shape index (κ2) is 6.93. The molecule has 3 heteroatoms. The van der Waals surface area contributed by atoms with E-state index in [0.29, 0.717) is 12.0 Å². The highest BCUT2D eigenvalue weighted by Crippen LogP contribution is 2.39. The molecule has 0 aromatic heterocycles. The molecule has 1 rings (SSSR count). The predicted octanol–water partition coefficient (Wildman–Crippen LogP) is 3.36. The quantitative estimate of drug-likeness (QED) is 0.813. The Balaban J connectivity index is 2.36. The molecular formula is C17H33NO2. The van der Waals surface area contributed by atoms with Gasteiger partial charge in [-0.05, 0) is 48.9 Å². The molecule has 118 valence electrons. The first-order chi connectivity index (χ1) is 9.15. The van der Waals surface area contributed by atoms with Crippen LogP contribution in [0.5, 0.6) is 0 Å². The number of carbonyl (C=O) groups excluding carboxylic acids is 1. The van der Waals surface area contributed by atoms with Crippen molar-refractivity contribution in [3.63, 3.8) is 0 Å². The van der Waals surface area contributed by atoms with Crippen molar-refractivity contribution in [1.82, 2.24) is 5.32 Å². The van der Waals surface area contributed by atoms with Crippen LogP contribution in [0.15, 0.2) is 0 Å². The van der Waals surface area contributed by atoms with Gasteiger partial charge in [0.1, 0.15) is 0 Å². The molecule has 1 amide bonds. The summed E-state index contributed by atoms with van der Waals surface area (Å²) >= 11 is 0. The molecule has 0 bridgehead atoms. The SMILES string of the molecule is CC(C)(CCO)CNC(=O)C1CCC(C(C)(C)C)CC1. The third-order valence-electron chi connectivity index (χ3n) is 4.85. The molecule has 1 saturated carbocycles. The van der Waals surface area contributed by atoms with Crippen LogP contribution in [0.2, 0.25) is 0 Å². The van der Waals surface area contributed by atoms with Crippen LogP contribution >= 0.6 is 0 Å². The maximum atomic E-state index is 12.2. The van der Waals surface area contributed by atoms with Gasteiger partial charge in [-0.25, -0.2) is 0 Å². The van der Waals surface area contributed by atoms with Gasteiger partial charge in [-0.1, -0.05) is 34.6 Å². The fraction of sp³-hybridized carbons (Fsp3) is 0.941. The summed E-state index contributed by atoms with van der Waals surface area (Å²) in [7, 11) is 0. The molecule has 2 N–H and O–H groups in total. The molecule has 3 nitrogen and oxygen atoms in total. The predicted molar refractivity (Wildman–Crippen MR) is 83.4 cm³/mol. The summed E-state index contributed by atoms with van der Waals surface area (Å²) in [4.78, 5) is 12.2. The van der Waals surface area contributed by atoms with Gasteiger partial charge in [-0.3, -0.25) is 4.79 Å². The average Bonchev–Trinajstić information content (AvgIpc) is 2.35. The van der Waals surface area contributed by atoms with Crippen LogP contribution in [0.4, 0.5) is 0 Å². The van der Waals surface area contributed by atoms with E-state index in [1.165, 1.54) is 12.8 Å². The molecular weight excluding hydrogens is 250 g/mol. The van der Waals surface area contributed by atoms with E-state index < -0.39 is 0 Å². The Morgan fingerprint density at radius 3 is 2.10 bits per heavy atom. The van der Waals surface area contributed by atoms with Crippen molar-refractivity contribution < 1.29 is 9.90 Å². The van der Waals surface area contributed by atoms with Crippen molar-refractivity contribution in [3.8, 4) is 0 Å². The second-order valence-corrected chi connectivity index (χ2v) is 8.27. The molecule has 0 aromatic carbocycles. The van der Waals surface area contributed by atoms with Gasteiger partial charge in [-0.2, -0.15) is 0 Å². The Hall–Kier alpha value is -0.570. The van der Waals surface area contributed by atoms with E-state index in [1.807, 2.05) is 0 Å².